The highest BCUT2D eigenvalue weighted by molar-refractivity contribution is 7.89. The van der Waals surface area contributed by atoms with Crippen LogP contribution in [0.1, 0.15) is 31.9 Å². The number of hydrogen-bond donors (Lipinski definition) is 0. The molecule has 0 aliphatic heterocycles. The van der Waals surface area contributed by atoms with Crippen molar-refractivity contribution in [1.82, 2.24) is 4.31 Å². The third-order valence-corrected chi connectivity index (χ3v) is 5.71. The van der Waals surface area contributed by atoms with Gasteiger partial charge in [-0.25, -0.2) is 17.5 Å². The molecule has 0 spiro atoms. The van der Waals surface area contributed by atoms with Crippen molar-refractivity contribution in [1.29, 1.82) is 0 Å². The maximum absolute atomic E-state index is 12.3. The lowest BCUT2D eigenvalue weighted by molar-refractivity contribution is -0.157. The van der Waals surface area contributed by atoms with Gasteiger partial charge in [0.15, 0.2) is 6.61 Å². The molecule has 0 fully saturated rings. The number of halogens is 1. The van der Waals surface area contributed by atoms with Crippen molar-refractivity contribution in [2.45, 2.75) is 31.3 Å². The van der Waals surface area contributed by atoms with Gasteiger partial charge < -0.3 is 9.47 Å². The quantitative estimate of drug-likeness (QED) is 0.514. The van der Waals surface area contributed by atoms with Crippen LogP contribution in [0.15, 0.2) is 47.4 Å². The van der Waals surface area contributed by atoms with Crippen molar-refractivity contribution >= 4 is 27.6 Å². The van der Waals surface area contributed by atoms with Crippen LogP contribution < -0.4 is 4.74 Å². The molecule has 0 amide bonds. The Balaban J connectivity index is 2.28. The van der Waals surface area contributed by atoms with Crippen molar-refractivity contribution in [3.8, 4) is 17.6 Å². The van der Waals surface area contributed by atoms with Gasteiger partial charge in [-0.05, 0) is 57.2 Å². The predicted octanol–water partition coefficient (Wildman–Crippen LogP) is 3.71. The molecular weight excluding hydrogens is 426 g/mol. The SMILES string of the molecule is CN(C)S(=O)(=O)c1cccc(C#Cc2cc(Cl)ccc2OCC(=O)OC(C)(C)C)c1. The van der Waals surface area contributed by atoms with Crippen molar-refractivity contribution in [3.63, 3.8) is 0 Å². The van der Waals surface area contributed by atoms with Gasteiger partial charge in [0.25, 0.3) is 0 Å². The molecule has 6 nitrogen and oxygen atoms in total. The number of esters is 1. The maximum atomic E-state index is 12.3. The van der Waals surface area contributed by atoms with E-state index in [1.165, 1.54) is 26.2 Å². The summed E-state index contributed by atoms with van der Waals surface area (Å²) >= 11 is 6.07. The van der Waals surface area contributed by atoms with Gasteiger partial charge >= 0.3 is 5.97 Å². The zero-order valence-electron chi connectivity index (χ0n) is 17.5. The number of ether oxygens (including phenoxy) is 2. The van der Waals surface area contributed by atoms with E-state index < -0.39 is 21.6 Å². The summed E-state index contributed by atoms with van der Waals surface area (Å²) in [4.78, 5) is 12.1. The fourth-order valence-electron chi connectivity index (χ4n) is 2.32. The molecule has 8 heteroatoms. The summed E-state index contributed by atoms with van der Waals surface area (Å²) in [5.74, 6) is 5.72. The normalized spacial score (nSPS) is 11.6. The smallest absolute Gasteiger partial charge is 0.344 e. The summed E-state index contributed by atoms with van der Waals surface area (Å²) in [6.07, 6.45) is 0. The molecule has 2 aromatic rings. The first-order valence-electron chi connectivity index (χ1n) is 9.07. The van der Waals surface area contributed by atoms with E-state index in [0.717, 1.165) is 4.31 Å². The molecule has 0 radical (unpaired) electrons. The van der Waals surface area contributed by atoms with Crippen molar-refractivity contribution in [3.05, 3.63) is 58.6 Å². The molecule has 0 bridgehead atoms. The summed E-state index contributed by atoms with van der Waals surface area (Å²) in [5.41, 5.74) is 0.365. The second-order valence-corrected chi connectivity index (χ2v) is 10.2. The number of carbonyl (C=O) groups excluding carboxylic acids is 1. The average molecular weight is 450 g/mol. The first-order chi connectivity index (χ1) is 13.9. The van der Waals surface area contributed by atoms with Crippen LogP contribution in [0.3, 0.4) is 0 Å². The van der Waals surface area contributed by atoms with Gasteiger partial charge in [-0.2, -0.15) is 0 Å². The Morgan fingerprint density at radius 1 is 1.10 bits per heavy atom. The topological polar surface area (TPSA) is 72.9 Å². The Morgan fingerprint density at radius 2 is 1.80 bits per heavy atom. The monoisotopic (exact) mass is 449 g/mol. The Bertz CT molecular complexity index is 1090. The lowest BCUT2D eigenvalue weighted by Gasteiger charge is -2.19. The summed E-state index contributed by atoms with van der Waals surface area (Å²) < 4.78 is 36.5. The molecule has 0 saturated heterocycles. The largest absolute Gasteiger partial charge is 0.481 e. The van der Waals surface area contributed by atoms with E-state index in [2.05, 4.69) is 11.8 Å². The zero-order valence-corrected chi connectivity index (χ0v) is 19.1. The van der Waals surface area contributed by atoms with Crippen LogP contribution in [0.25, 0.3) is 0 Å². The second kappa shape index (κ2) is 9.52. The van der Waals surface area contributed by atoms with Crippen LogP contribution in [0.4, 0.5) is 0 Å². The number of sulfonamides is 1. The number of benzene rings is 2. The summed E-state index contributed by atoms with van der Waals surface area (Å²) in [6, 6.07) is 11.2. The molecule has 0 N–H and O–H groups in total. The minimum absolute atomic E-state index is 0.145. The molecule has 0 aliphatic rings. The third-order valence-electron chi connectivity index (χ3n) is 3.66. The van der Waals surface area contributed by atoms with E-state index in [9.17, 15) is 13.2 Å². The van der Waals surface area contributed by atoms with Gasteiger partial charge in [-0.3, -0.25) is 0 Å². The molecule has 2 rings (SSSR count). The summed E-state index contributed by atoms with van der Waals surface area (Å²) in [7, 11) is -0.630. The van der Waals surface area contributed by atoms with Crippen molar-refractivity contribution in [2.24, 2.45) is 0 Å². The van der Waals surface area contributed by atoms with Gasteiger partial charge in [0.2, 0.25) is 10.0 Å². The Labute approximate surface area is 182 Å². The van der Waals surface area contributed by atoms with Gasteiger partial charge in [-0.1, -0.05) is 29.5 Å². The Morgan fingerprint density at radius 3 is 2.43 bits per heavy atom. The minimum Gasteiger partial charge on any atom is -0.481 e. The van der Waals surface area contributed by atoms with Gasteiger partial charge in [-0.15, -0.1) is 0 Å². The maximum Gasteiger partial charge on any atom is 0.344 e. The van der Waals surface area contributed by atoms with Gasteiger partial charge in [0.1, 0.15) is 11.4 Å². The first-order valence-corrected chi connectivity index (χ1v) is 10.9. The van der Waals surface area contributed by atoms with Crippen molar-refractivity contribution < 1.29 is 22.7 Å². The lowest BCUT2D eigenvalue weighted by atomic mass is 10.1. The standard InChI is InChI=1S/C22H24ClNO5S/c1-22(2,3)29-21(25)15-28-20-12-11-18(23)14-17(20)10-9-16-7-6-8-19(13-16)30(26,27)24(4)5/h6-8,11-14H,15H2,1-5H3. The van der Waals surface area contributed by atoms with Crippen LogP contribution in [0.5, 0.6) is 5.75 Å². The predicted molar refractivity (Wildman–Crippen MR) is 116 cm³/mol. The molecular formula is C22H24ClNO5S. The van der Waals surface area contributed by atoms with E-state index in [-0.39, 0.29) is 11.5 Å². The minimum atomic E-state index is -3.56. The number of carbonyl (C=O) groups is 1. The first kappa shape index (κ1) is 23.7. The molecule has 0 aromatic heterocycles. The molecule has 0 aliphatic carbocycles. The number of rotatable bonds is 5. The fourth-order valence-corrected chi connectivity index (χ4v) is 3.44. The molecule has 0 saturated carbocycles. The summed E-state index contributed by atoms with van der Waals surface area (Å²) in [5, 5.41) is 0.452. The van der Waals surface area contributed by atoms with Crippen LogP contribution in [0.2, 0.25) is 5.02 Å². The van der Waals surface area contributed by atoms with Gasteiger partial charge in [0.05, 0.1) is 10.5 Å². The molecule has 30 heavy (non-hydrogen) atoms. The van der Waals surface area contributed by atoms with E-state index in [1.54, 1.807) is 51.1 Å². The lowest BCUT2D eigenvalue weighted by Crippen LogP contribution is -2.27. The molecule has 0 heterocycles. The second-order valence-electron chi connectivity index (χ2n) is 7.58. The molecule has 160 valence electrons. The van der Waals surface area contributed by atoms with Crippen LogP contribution in [-0.2, 0) is 19.6 Å². The highest BCUT2D eigenvalue weighted by atomic mass is 35.5. The van der Waals surface area contributed by atoms with E-state index in [4.69, 9.17) is 21.1 Å². The molecule has 0 unspecified atom stereocenters. The summed E-state index contributed by atoms with van der Waals surface area (Å²) in [6.45, 7) is 5.04. The number of nitrogens with zero attached hydrogens (tertiary/aromatic N) is 1. The van der Waals surface area contributed by atoms with E-state index in [1.807, 2.05) is 0 Å². The molecule has 0 atom stereocenters. The van der Waals surface area contributed by atoms with Crippen LogP contribution >= 0.6 is 11.6 Å². The van der Waals surface area contributed by atoms with Crippen molar-refractivity contribution in [2.75, 3.05) is 20.7 Å². The van der Waals surface area contributed by atoms with E-state index in [0.29, 0.717) is 21.9 Å². The fraction of sp³-hybridized carbons (Fsp3) is 0.318. The Hall–Kier alpha value is -2.53. The third kappa shape index (κ3) is 6.77. The number of hydrogen-bond acceptors (Lipinski definition) is 5. The zero-order chi connectivity index (χ0) is 22.5. The van der Waals surface area contributed by atoms with E-state index >= 15 is 0 Å². The highest BCUT2D eigenvalue weighted by Gasteiger charge is 2.18. The Kier molecular flexibility index (Phi) is 7.54. The van der Waals surface area contributed by atoms with Gasteiger partial charge in [0, 0.05) is 24.7 Å². The van der Waals surface area contributed by atoms with Crippen LogP contribution in [0, 0.1) is 11.8 Å². The molecule has 2 aromatic carbocycles. The average Bonchev–Trinajstić information content (AvgIpc) is 2.64. The van der Waals surface area contributed by atoms with Crippen LogP contribution in [-0.4, -0.2) is 45.0 Å². The highest BCUT2D eigenvalue weighted by Crippen LogP contribution is 2.23.